The molecule has 0 atom stereocenters. The number of rotatable bonds is 2. The van der Waals surface area contributed by atoms with E-state index in [0.29, 0.717) is 5.65 Å². The molecule has 0 spiro atoms. The van der Waals surface area contributed by atoms with Gasteiger partial charge < -0.3 is 9.72 Å². The highest BCUT2D eigenvalue weighted by Crippen LogP contribution is 2.04. The molecule has 0 bridgehead atoms. The van der Waals surface area contributed by atoms with E-state index in [1.165, 1.54) is 10.6 Å². The zero-order valence-corrected chi connectivity index (χ0v) is 9.11. The Kier molecular flexibility index (Phi) is 2.52. The molecule has 5 heteroatoms. The number of aromatic nitrogens is 2. The van der Waals surface area contributed by atoms with E-state index in [9.17, 15) is 9.59 Å². The molecule has 0 aliphatic heterocycles. The highest BCUT2D eigenvalue weighted by atomic mass is 16.5. The zero-order chi connectivity index (χ0) is 11.7. The number of esters is 1. The number of hydrogen-bond acceptors (Lipinski definition) is 3. The van der Waals surface area contributed by atoms with Gasteiger partial charge >= 0.3 is 5.97 Å². The molecule has 0 amide bonds. The summed E-state index contributed by atoms with van der Waals surface area (Å²) < 4.78 is 6.20. The molecule has 2 aromatic heterocycles. The number of hydrogen-bond donors (Lipinski definition) is 1. The molecule has 0 radical (unpaired) electrons. The molecule has 0 unspecified atom stereocenters. The quantitative estimate of drug-likeness (QED) is 0.771. The van der Waals surface area contributed by atoms with Crippen LogP contribution in [0.1, 0.15) is 22.8 Å². The van der Waals surface area contributed by atoms with Gasteiger partial charge in [-0.15, -0.1) is 0 Å². The van der Waals surface area contributed by atoms with Gasteiger partial charge in [0.1, 0.15) is 11.2 Å². The fraction of sp³-hybridized carbons (Fsp3) is 0.273. The second kappa shape index (κ2) is 3.84. The van der Waals surface area contributed by atoms with E-state index < -0.39 is 5.97 Å². The molecule has 0 aliphatic carbocycles. The minimum absolute atomic E-state index is 0.0185. The number of nitrogens with zero attached hydrogens (tertiary/aromatic N) is 1. The first-order valence-corrected chi connectivity index (χ1v) is 5.01. The van der Waals surface area contributed by atoms with Crippen LogP contribution in [0.4, 0.5) is 0 Å². The van der Waals surface area contributed by atoms with Gasteiger partial charge in [0.2, 0.25) is 0 Å². The molecular formula is C11H12N2O3. The van der Waals surface area contributed by atoms with E-state index in [1.54, 1.807) is 13.1 Å². The van der Waals surface area contributed by atoms with Crippen LogP contribution in [0.5, 0.6) is 0 Å². The number of ether oxygens (including phenoxy) is 1. The van der Waals surface area contributed by atoms with Crippen LogP contribution < -0.4 is 5.56 Å². The van der Waals surface area contributed by atoms with Gasteiger partial charge in [-0.2, -0.15) is 0 Å². The first kappa shape index (κ1) is 10.5. The Morgan fingerprint density at radius 3 is 3.00 bits per heavy atom. The van der Waals surface area contributed by atoms with Crippen LogP contribution >= 0.6 is 0 Å². The summed E-state index contributed by atoms with van der Waals surface area (Å²) in [5, 5.41) is 0. The molecule has 0 saturated heterocycles. The van der Waals surface area contributed by atoms with Crippen molar-refractivity contribution in [1.82, 2.24) is 9.38 Å². The van der Waals surface area contributed by atoms with Crippen LogP contribution in [0.2, 0.25) is 0 Å². The largest absolute Gasteiger partial charge is 0.462 e. The third-order valence-electron chi connectivity index (χ3n) is 2.27. The predicted octanol–water partition coefficient (Wildman–Crippen LogP) is 1.11. The Bertz CT molecular complexity index is 595. The molecule has 0 fully saturated rings. The highest BCUT2D eigenvalue weighted by Gasteiger charge is 2.13. The average molecular weight is 220 g/mol. The number of aryl methyl sites for hydroxylation is 1. The number of aromatic amines is 1. The Labute approximate surface area is 91.7 Å². The van der Waals surface area contributed by atoms with Crippen LogP contribution in [0.15, 0.2) is 23.3 Å². The summed E-state index contributed by atoms with van der Waals surface area (Å²) >= 11 is 0. The Morgan fingerprint density at radius 2 is 2.31 bits per heavy atom. The summed E-state index contributed by atoms with van der Waals surface area (Å²) in [5.74, 6) is -0.600. The van der Waals surface area contributed by atoms with Crippen LogP contribution in [0.3, 0.4) is 0 Å². The van der Waals surface area contributed by atoms with Gasteiger partial charge in [0.05, 0.1) is 6.61 Å². The molecule has 16 heavy (non-hydrogen) atoms. The fourth-order valence-corrected chi connectivity index (χ4v) is 1.57. The molecular weight excluding hydrogens is 208 g/mol. The molecule has 2 rings (SSSR count). The summed E-state index contributed by atoms with van der Waals surface area (Å²) in [7, 11) is 0. The van der Waals surface area contributed by atoms with Crippen molar-refractivity contribution in [2.75, 3.05) is 6.61 Å². The first-order valence-electron chi connectivity index (χ1n) is 5.01. The van der Waals surface area contributed by atoms with Gasteiger partial charge in [0.25, 0.3) is 5.56 Å². The van der Waals surface area contributed by atoms with Crippen molar-refractivity contribution in [1.29, 1.82) is 0 Å². The molecule has 0 saturated carbocycles. The minimum atomic E-state index is -0.600. The lowest BCUT2D eigenvalue weighted by Crippen LogP contribution is -2.23. The number of H-pyrrole nitrogens is 1. The minimum Gasteiger partial charge on any atom is -0.462 e. The molecule has 1 N–H and O–H groups in total. The molecule has 84 valence electrons. The summed E-state index contributed by atoms with van der Waals surface area (Å²) in [6.45, 7) is 3.83. The summed E-state index contributed by atoms with van der Waals surface area (Å²) in [4.78, 5) is 26.2. The predicted molar refractivity (Wildman–Crippen MR) is 58.7 cm³/mol. The SMILES string of the molecule is CCOC(=O)c1c[nH]c2cc(C)cn2c1=O. The van der Waals surface area contributed by atoms with E-state index in [2.05, 4.69) is 4.98 Å². The van der Waals surface area contributed by atoms with Gasteiger partial charge in [0, 0.05) is 12.4 Å². The number of fused-ring (bicyclic) bond motifs is 1. The van der Waals surface area contributed by atoms with E-state index >= 15 is 0 Å². The Hall–Kier alpha value is -2.04. The topological polar surface area (TPSA) is 63.6 Å². The van der Waals surface area contributed by atoms with Gasteiger partial charge in [-0.05, 0) is 25.5 Å². The maximum atomic E-state index is 11.9. The normalized spacial score (nSPS) is 10.6. The number of carbonyl (C=O) groups is 1. The Morgan fingerprint density at radius 1 is 1.56 bits per heavy atom. The van der Waals surface area contributed by atoms with Crippen LogP contribution in [-0.2, 0) is 4.74 Å². The van der Waals surface area contributed by atoms with Crippen LogP contribution in [0, 0.1) is 6.92 Å². The van der Waals surface area contributed by atoms with Crippen molar-refractivity contribution in [2.45, 2.75) is 13.8 Å². The average Bonchev–Trinajstić information content (AvgIpc) is 2.60. The van der Waals surface area contributed by atoms with E-state index in [4.69, 9.17) is 4.74 Å². The van der Waals surface area contributed by atoms with Crippen molar-refractivity contribution in [2.24, 2.45) is 0 Å². The second-order valence-corrected chi connectivity index (χ2v) is 3.50. The first-order chi connectivity index (χ1) is 7.63. The monoisotopic (exact) mass is 220 g/mol. The molecule has 5 nitrogen and oxygen atoms in total. The number of nitrogens with one attached hydrogen (secondary N) is 1. The maximum absolute atomic E-state index is 11.9. The van der Waals surface area contributed by atoms with Gasteiger partial charge in [-0.25, -0.2) is 4.79 Å². The summed E-state index contributed by atoms with van der Waals surface area (Å²) in [5.41, 5.74) is 1.27. The number of carbonyl (C=O) groups excluding carboxylic acids is 1. The van der Waals surface area contributed by atoms with Crippen molar-refractivity contribution in [3.63, 3.8) is 0 Å². The lowest BCUT2D eigenvalue weighted by atomic mass is 10.3. The molecule has 0 aromatic carbocycles. The van der Waals surface area contributed by atoms with Crippen LogP contribution in [0.25, 0.3) is 5.65 Å². The van der Waals surface area contributed by atoms with E-state index in [-0.39, 0.29) is 17.7 Å². The smallest absolute Gasteiger partial charge is 0.345 e. The third-order valence-corrected chi connectivity index (χ3v) is 2.27. The lowest BCUT2D eigenvalue weighted by Gasteiger charge is -2.01. The molecule has 0 aliphatic rings. The molecule has 2 aromatic rings. The molecule has 2 heterocycles. The summed E-state index contributed by atoms with van der Waals surface area (Å²) in [6.07, 6.45) is 3.06. The zero-order valence-electron chi connectivity index (χ0n) is 9.11. The Balaban J connectivity index is 2.60. The van der Waals surface area contributed by atoms with Crippen LogP contribution in [-0.4, -0.2) is 22.0 Å². The maximum Gasteiger partial charge on any atom is 0.345 e. The van der Waals surface area contributed by atoms with Crippen molar-refractivity contribution in [3.05, 3.63) is 39.9 Å². The van der Waals surface area contributed by atoms with Gasteiger partial charge in [-0.1, -0.05) is 0 Å². The van der Waals surface area contributed by atoms with Crippen molar-refractivity contribution >= 4 is 11.6 Å². The summed E-state index contributed by atoms with van der Waals surface area (Å²) in [6, 6.07) is 1.83. The second-order valence-electron chi connectivity index (χ2n) is 3.50. The van der Waals surface area contributed by atoms with Gasteiger partial charge in [-0.3, -0.25) is 9.20 Å². The van der Waals surface area contributed by atoms with E-state index in [0.717, 1.165) is 5.56 Å². The standard InChI is InChI=1S/C11H12N2O3/c1-3-16-11(15)8-5-12-9-4-7(2)6-13(9)10(8)14/h4-6,12H,3H2,1-2H3. The van der Waals surface area contributed by atoms with E-state index in [1.807, 2.05) is 13.0 Å². The fourth-order valence-electron chi connectivity index (χ4n) is 1.57. The van der Waals surface area contributed by atoms with Gasteiger partial charge in [0.15, 0.2) is 0 Å². The van der Waals surface area contributed by atoms with Crippen molar-refractivity contribution in [3.8, 4) is 0 Å². The lowest BCUT2D eigenvalue weighted by molar-refractivity contribution is 0.0523. The van der Waals surface area contributed by atoms with Crippen molar-refractivity contribution < 1.29 is 9.53 Å². The highest BCUT2D eigenvalue weighted by molar-refractivity contribution is 5.88. The third kappa shape index (κ3) is 1.60.